The molecule has 1 aromatic rings. The molecule has 0 heterocycles. The third-order valence-corrected chi connectivity index (χ3v) is 2.51. The maximum atomic E-state index is 12.2. The predicted octanol–water partition coefficient (Wildman–Crippen LogP) is 2.73. The lowest BCUT2D eigenvalue weighted by Crippen LogP contribution is -2.29. The Labute approximate surface area is 110 Å². The molecule has 106 valence electrons. The standard InChI is InChI=1S/C13H17F3N2O/c1-2-17-12(19)9-18-11-6-4-3-5-10(11)7-8-13(14,15)16/h3-6,18H,2,7-9H2,1H3,(H,17,19). The normalized spacial score (nSPS) is 11.2. The molecule has 6 heteroatoms. The summed E-state index contributed by atoms with van der Waals surface area (Å²) in [6.07, 6.45) is -5.14. The van der Waals surface area contributed by atoms with Crippen LogP contribution in [0.3, 0.4) is 0 Å². The number of alkyl halides is 3. The van der Waals surface area contributed by atoms with E-state index in [9.17, 15) is 18.0 Å². The van der Waals surface area contributed by atoms with Gasteiger partial charge in [-0.15, -0.1) is 0 Å². The molecule has 0 aliphatic rings. The van der Waals surface area contributed by atoms with Crippen LogP contribution >= 0.6 is 0 Å². The van der Waals surface area contributed by atoms with E-state index in [1.54, 1.807) is 31.2 Å². The van der Waals surface area contributed by atoms with Crippen molar-refractivity contribution in [3.63, 3.8) is 0 Å². The molecule has 0 saturated heterocycles. The highest BCUT2D eigenvalue weighted by atomic mass is 19.4. The molecule has 0 spiro atoms. The first-order valence-electron chi connectivity index (χ1n) is 6.07. The highest BCUT2D eigenvalue weighted by Gasteiger charge is 2.26. The van der Waals surface area contributed by atoms with Crippen molar-refractivity contribution in [2.45, 2.75) is 25.9 Å². The molecule has 1 rings (SSSR count). The summed E-state index contributed by atoms with van der Waals surface area (Å²) in [4.78, 5) is 11.3. The molecule has 19 heavy (non-hydrogen) atoms. The average Bonchev–Trinajstić information content (AvgIpc) is 2.34. The Kier molecular flexibility index (Phi) is 5.66. The van der Waals surface area contributed by atoms with Crippen LogP contribution in [0.5, 0.6) is 0 Å². The number of likely N-dealkylation sites (N-methyl/N-ethyl adjacent to an activating group) is 1. The molecular weight excluding hydrogens is 257 g/mol. The van der Waals surface area contributed by atoms with E-state index in [1.807, 2.05) is 0 Å². The number of hydrogen-bond acceptors (Lipinski definition) is 2. The lowest BCUT2D eigenvalue weighted by Gasteiger charge is -2.12. The number of amides is 1. The van der Waals surface area contributed by atoms with Crippen molar-refractivity contribution in [1.29, 1.82) is 0 Å². The zero-order valence-corrected chi connectivity index (χ0v) is 10.7. The van der Waals surface area contributed by atoms with Gasteiger partial charge in [-0.3, -0.25) is 4.79 Å². The lowest BCUT2D eigenvalue weighted by atomic mass is 10.1. The Hall–Kier alpha value is -1.72. The van der Waals surface area contributed by atoms with Crippen LogP contribution in [0, 0.1) is 0 Å². The third-order valence-electron chi connectivity index (χ3n) is 2.51. The lowest BCUT2D eigenvalue weighted by molar-refractivity contribution is -0.134. The molecule has 0 saturated carbocycles. The number of para-hydroxylation sites is 1. The summed E-state index contributed by atoms with van der Waals surface area (Å²) in [6.45, 7) is 2.38. The first-order valence-corrected chi connectivity index (χ1v) is 6.07. The molecule has 0 atom stereocenters. The van der Waals surface area contributed by atoms with Crippen LogP contribution in [-0.2, 0) is 11.2 Å². The molecule has 0 radical (unpaired) electrons. The number of benzene rings is 1. The van der Waals surface area contributed by atoms with E-state index >= 15 is 0 Å². The van der Waals surface area contributed by atoms with Gasteiger partial charge in [0.25, 0.3) is 0 Å². The van der Waals surface area contributed by atoms with Crippen LogP contribution in [0.4, 0.5) is 18.9 Å². The van der Waals surface area contributed by atoms with Crippen LogP contribution in [0.25, 0.3) is 0 Å². The summed E-state index contributed by atoms with van der Waals surface area (Å²) in [5, 5.41) is 5.46. The number of carbonyl (C=O) groups is 1. The Morgan fingerprint density at radius 2 is 1.95 bits per heavy atom. The van der Waals surface area contributed by atoms with Crippen LogP contribution in [-0.4, -0.2) is 25.2 Å². The van der Waals surface area contributed by atoms with Crippen LogP contribution < -0.4 is 10.6 Å². The van der Waals surface area contributed by atoms with Crippen molar-refractivity contribution in [3.8, 4) is 0 Å². The highest BCUT2D eigenvalue weighted by molar-refractivity contribution is 5.80. The Bertz CT molecular complexity index is 419. The van der Waals surface area contributed by atoms with Gasteiger partial charge in [0.1, 0.15) is 0 Å². The molecular formula is C13H17F3N2O. The van der Waals surface area contributed by atoms with E-state index in [1.165, 1.54) is 0 Å². The molecule has 0 aliphatic carbocycles. The Balaban J connectivity index is 2.60. The number of carbonyl (C=O) groups excluding carboxylic acids is 1. The quantitative estimate of drug-likeness (QED) is 0.837. The second-order valence-corrected chi connectivity index (χ2v) is 4.08. The second kappa shape index (κ2) is 7.01. The summed E-state index contributed by atoms with van der Waals surface area (Å²) < 4.78 is 36.6. The van der Waals surface area contributed by atoms with Crippen molar-refractivity contribution in [2.24, 2.45) is 0 Å². The maximum absolute atomic E-state index is 12.2. The van der Waals surface area contributed by atoms with E-state index in [4.69, 9.17) is 0 Å². The van der Waals surface area contributed by atoms with Gasteiger partial charge in [-0.25, -0.2) is 0 Å². The molecule has 1 amide bonds. The Morgan fingerprint density at radius 1 is 1.26 bits per heavy atom. The monoisotopic (exact) mass is 274 g/mol. The van der Waals surface area contributed by atoms with Crippen LogP contribution in [0.15, 0.2) is 24.3 Å². The van der Waals surface area contributed by atoms with Gasteiger partial charge in [-0.2, -0.15) is 13.2 Å². The van der Waals surface area contributed by atoms with E-state index in [2.05, 4.69) is 10.6 Å². The van der Waals surface area contributed by atoms with Gasteiger partial charge < -0.3 is 10.6 Å². The third kappa shape index (κ3) is 6.13. The number of rotatable bonds is 6. The first-order chi connectivity index (χ1) is 8.92. The van der Waals surface area contributed by atoms with Gasteiger partial charge >= 0.3 is 6.18 Å². The number of aryl methyl sites for hydroxylation is 1. The van der Waals surface area contributed by atoms with E-state index in [0.717, 1.165) is 0 Å². The minimum absolute atomic E-state index is 0.0525. The molecule has 1 aromatic carbocycles. The Morgan fingerprint density at radius 3 is 2.58 bits per heavy atom. The average molecular weight is 274 g/mol. The van der Waals surface area contributed by atoms with E-state index in [0.29, 0.717) is 17.8 Å². The molecule has 0 aromatic heterocycles. The van der Waals surface area contributed by atoms with Crippen LogP contribution in [0.1, 0.15) is 18.9 Å². The summed E-state index contributed by atoms with van der Waals surface area (Å²) in [5.74, 6) is -0.187. The molecule has 0 aliphatic heterocycles. The molecule has 3 nitrogen and oxygen atoms in total. The fraction of sp³-hybridized carbons (Fsp3) is 0.462. The fourth-order valence-electron chi connectivity index (χ4n) is 1.62. The van der Waals surface area contributed by atoms with Gasteiger partial charge in [0.05, 0.1) is 6.54 Å². The summed E-state index contributed by atoms with van der Waals surface area (Å²) in [7, 11) is 0. The van der Waals surface area contributed by atoms with Gasteiger partial charge in [-0.05, 0) is 25.0 Å². The zero-order valence-electron chi connectivity index (χ0n) is 10.7. The van der Waals surface area contributed by atoms with Gasteiger partial charge in [0.2, 0.25) is 5.91 Å². The smallest absolute Gasteiger partial charge is 0.376 e. The topological polar surface area (TPSA) is 41.1 Å². The number of hydrogen-bond donors (Lipinski definition) is 2. The summed E-state index contributed by atoms with van der Waals surface area (Å²) in [5.41, 5.74) is 1.13. The summed E-state index contributed by atoms with van der Waals surface area (Å²) in [6, 6.07) is 6.71. The zero-order chi connectivity index (χ0) is 14.3. The number of halogens is 3. The fourth-order valence-corrected chi connectivity index (χ4v) is 1.62. The van der Waals surface area contributed by atoms with Gasteiger partial charge in [0, 0.05) is 18.7 Å². The van der Waals surface area contributed by atoms with E-state index < -0.39 is 12.6 Å². The van der Waals surface area contributed by atoms with Crippen LogP contribution in [0.2, 0.25) is 0 Å². The predicted molar refractivity (Wildman–Crippen MR) is 68.0 cm³/mol. The maximum Gasteiger partial charge on any atom is 0.389 e. The van der Waals surface area contributed by atoms with Gasteiger partial charge in [0.15, 0.2) is 0 Å². The SMILES string of the molecule is CCNC(=O)CNc1ccccc1CCC(F)(F)F. The van der Waals surface area contributed by atoms with E-state index in [-0.39, 0.29) is 18.9 Å². The van der Waals surface area contributed by atoms with Crippen molar-refractivity contribution in [3.05, 3.63) is 29.8 Å². The second-order valence-electron chi connectivity index (χ2n) is 4.08. The molecule has 0 fully saturated rings. The molecule has 2 N–H and O–H groups in total. The molecule has 0 bridgehead atoms. The highest BCUT2D eigenvalue weighted by Crippen LogP contribution is 2.25. The van der Waals surface area contributed by atoms with Crippen molar-refractivity contribution >= 4 is 11.6 Å². The minimum atomic E-state index is -4.17. The summed E-state index contributed by atoms with van der Waals surface area (Å²) >= 11 is 0. The first kappa shape index (κ1) is 15.3. The number of anilines is 1. The van der Waals surface area contributed by atoms with Crippen molar-refractivity contribution in [1.82, 2.24) is 5.32 Å². The molecule has 0 unspecified atom stereocenters. The van der Waals surface area contributed by atoms with Crippen molar-refractivity contribution in [2.75, 3.05) is 18.4 Å². The number of nitrogens with one attached hydrogen (secondary N) is 2. The minimum Gasteiger partial charge on any atom is -0.376 e. The van der Waals surface area contributed by atoms with Gasteiger partial charge in [-0.1, -0.05) is 18.2 Å². The van der Waals surface area contributed by atoms with Crippen molar-refractivity contribution < 1.29 is 18.0 Å². The largest absolute Gasteiger partial charge is 0.389 e.